The molecule has 5 nitrogen and oxygen atoms in total. The zero-order valence-electron chi connectivity index (χ0n) is 10.4. The molecule has 0 fully saturated rings. The molecule has 106 valence electrons. The molecule has 20 heavy (non-hydrogen) atoms. The van der Waals surface area contributed by atoms with Crippen molar-refractivity contribution in [2.75, 3.05) is 17.2 Å². The second kappa shape index (κ2) is 4.39. The van der Waals surface area contributed by atoms with Crippen LogP contribution in [0.2, 0.25) is 0 Å². The van der Waals surface area contributed by atoms with Crippen molar-refractivity contribution in [1.29, 1.82) is 0 Å². The van der Waals surface area contributed by atoms with E-state index in [9.17, 15) is 13.2 Å². The zero-order valence-corrected chi connectivity index (χ0v) is 10.4. The molecular weight excluding hydrogens is 271 g/mol. The van der Waals surface area contributed by atoms with Gasteiger partial charge in [0, 0.05) is 24.5 Å². The maximum atomic E-state index is 12.9. The molecule has 3 rings (SSSR count). The van der Waals surface area contributed by atoms with Gasteiger partial charge < -0.3 is 15.2 Å². The molecule has 1 aliphatic heterocycles. The van der Waals surface area contributed by atoms with Gasteiger partial charge in [0.05, 0.1) is 12.1 Å². The van der Waals surface area contributed by atoms with Crippen molar-refractivity contribution in [3.8, 4) is 0 Å². The van der Waals surface area contributed by atoms with Crippen LogP contribution in [0, 0.1) is 0 Å². The predicted octanol–water partition coefficient (Wildman–Crippen LogP) is 1.90. The first-order valence-electron chi connectivity index (χ1n) is 6.03. The number of nitrogens with two attached hydrogens (primary N) is 1. The van der Waals surface area contributed by atoms with Gasteiger partial charge in [-0.1, -0.05) is 0 Å². The molecule has 0 atom stereocenters. The molecule has 8 heteroatoms. The van der Waals surface area contributed by atoms with Crippen LogP contribution in [-0.2, 0) is 19.3 Å². The highest BCUT2D eigenvalue weighted by Crippen LogP contribution is 2.36. The summed E-state index contributed by atoms with van der Waals surface area (Å²) in [5, 5.41) is 7.73. The number of halogens is 3. The molecule has 0 saturated heterocycles. The number of aromatic nitrogens is 3. The van der Waals surface area contributed by atoms with Gasteiger partial charge in [-0.25, -0.2) is 0 Å². The highest BCUT2D eigenvalue weighted by Gasteiger charge is 2.33. The fourth-order valence-electron chi connectivity index (χ4n) is 2.27. The number of rotatable bonds is 1. The van der Waals surface area contributed by atoms with Crippen molar-refractivity contribution < 1.29 is 13.2 Å². The third-order valence-electron chi connectivity index (χ3n) is 3.35. The van der Waals surface area contributed by atoms with Crippen molar-refractivity contribution in [2.24, 2.45) is 0 Å². The monoisotopic (exact) mass is 283 g/mol. The average molecular weight is 283 g/mol. The summed E-state index contributed by atoms with van der Waals surface area (Å²) in [5.74, 6) is 0.738. The number of nitrogens with zero attached hydrogens (tertiary/aromatic N) is 4. The summed E-state index contributed by atoms with van der Waals surface area (Å²) in [6.45, 7) is 1.68. The zero-order chi connectivity index (χ0) is 14.3. The lowest BCUT2D eigenvalue weighted by molar-refractivity contribution is -0.136. The first-order chi connectivity index (χ1) is 9.45. The quantitative estimate of drug-likeness (QED) is 0.812. The third-order valence-corrected chi connectivity index (χ3v) is 3.35. The smallest absolute Gasteiger partial charge is 0.398 e. The molecule has 2 N–H and O–H groups in total. The van der Waals surface area contributed by atoms with Gasteiger partial charge in [-0.2, -0.15) is 13.2 Å². The number of nitrogen functional groups attached to an aromatic ring is 1. The fourth-order valence-corrected chi connectivity index (χ4v) is 2.27. The Hall–Kier alpha value is -2.25. The second-order valence-electron chi connectivity index (χ2n) is 4.63. The van der Waals surface area contributed by atoms with Gasteiger partial charge in [0.25, 0.3) is 0 Å². The van der Waals surface area contributed by atoms with E-state index in [0.717, 1.165) is 11.9 Å². The number of alkyl halides is 3. The van der Waals surface area contributed by atoms with Crippen molar-refractivity contribution in [1.82, 2.24) is 14.8 Å². The topological polar surface area (TPSA) is 60.0 Å². The van der Waals surface area contributed by atoms with Gasteiger partial charge in [-0.05, 0) is 18.2 Å². The molecule has 0 bridgehead atoms. The van der Waals surface area contributed by atoms with E-state index in [1.54, 1.807) is 12.4 Å². The number of hydrogen-bond acceptors (Lipinski definition) is 4. The van der Waals surface area contributed by atoms with Gasteiger partial charge in [-0.15, -0.1) is 10.2 Å². The Labute approximate surface area is 112 Å². The first-order valence-corrected chi connectivity index (χ1v) is 6.03. The summed E-state index contributed by atoms with van der Waals surface area (Å²) >= 11 is 0. The number of benzene rings is 1. The highest BCUT2D eigenvalue weighted by atomic mass is 19.4. The molecule has 2 heterocycles. The Bertz CT molecular complexity index is 634. The summed E-state index contributed by atoms with van der Waals surface area (Å²) < 4.78 is 40.5. The highest BCUT2D eigenvalue weighted by molar-refractivity contribution is 5.59. The van der Waals surface area contributed by atoms with Crippen molar-refractivity contribution >= 4 is 11.4 Å². The lowest BCUT2D eigenvalue weighted by Crippen LogP contribution is -2.33. The molecule has 2 aromatic rings. The van der Waals surface area contributed by atoms with Crippen LogP contribution in [-0.4, -0.2) is 21.3 Å². The van der Waals surface area contributed by atoms with Crippen LogP contribution in [0.1, 0.15) is 11.4 Å². The molecule has 0 saturated carbocycles. The SMILES string of the molecule is Nc1ccc(N2CCn3cnnc3C2)cc1C(F)(F)F. The fraction of sp³-hybridized carbons (Fsp3) is 0.333. The Balaban J connectivity index is 1.92. The molecule has 1 aromatic heterocycles. The van der Waals surface area contributed by atoms with E-state index < -0.39 is 11.7 Å². The van der Waals surface area contributed by atoms with Crippen LogP contribution in [0.4, 0.5) is 24.5 Å². The van der Waals surface area contributed by atoms with Gasteiger partial charge in [-0.3, -0.25) is 0 Å². The van der Waals surface area contributed by atoms with Crippen LogP contribution < -0.4 is 10.6 Å². The predicted molar refractivity (Wildman–Crippen MR) is 66.9 cm³/mol. The molecule has 1 aromatic carbocycles. The number of fused-ring (bicyclic) bond motifs is 1. The van der Waals surface area contributed by atoms with Crippen molar-refractivity contribution in [3.05, 3.63) is 35.9 Å². The Morgan fingerprint density at radius 3 is 2.75 bits per heavy atom. The molecule has 0 aliphatic carbocycles. The molecule has 1 aliphatic rings. The van der Waals surface area contributed by atoms with Gasteiger partial charge in [0.15, 0.2) is 5.82 Å². The van der Waals surface area contributed by atoms with E-state index in [2.05, 4.69) is 10.2 Å². The minimum Gasteiger partial charge on any atom is -0.398 e. The van der Waals surface area contributed by atoms with E-state index in [-0.39, 0.29) is 5.69 Å². The largest absolute Gasteiger partial charge is 0.418 e. The maximum absolute atomic E-state index is 12.9. The van der Waals surface area contributed by atoms with Crippen molar-refractivity contribution in [3.63, 3.8) is 0 Å². The van der Waals surface area contributed by atoms with E-state index in [0.29, 0.717) is 25.3 Å². The average Bonchev–Trinajstić information content (AvgIpc) is 2.85. The summed E-state index contributed by atoms with van der Waals surface area (Å²) in [6.07, 6.45) is -2.83. The van der Waals surface area contributed by atoms with Gasteiger partial charge in [0.2, 0.25) is 0 Å². The molecule has 0 spiro atoms. The van der Waals surface area contributed by atoms with Crippen molar-refractivity contribution in [2.45, 2.75) is 19.3 Å². The minimum atomic E-state index is -4.45. The normalized spacial score (nSPS) is 15.2. The Morgan fingerprint density at radius 2 is 2.00 bits per heavy atom. The summed E-state index contributed by atoms with van der Waals surface area (Å²) in [4.78, 5) is 1.83. The molecular formula is C12H12F3N5. The van der Waals surface area contributed by atoms with E-state index in [4.69, 9.17) is 5.73 Å². The van der Waals surface area contributed by atoms with Crippen LogP contribution >= 0.6 is 0 Å². The molecule has 0 unspecified atom stereocenters. The van der Waals surface area contributed by atoms with Crippen LogP contribution in [0.5, 0.6) is 0 Å². The lowest BCUT2D eigenvalue weighted by atomic mass is 10.1. The summed E-state index contributed by atoms with van der Waals surface area (Å²) in [6, 6.07) is 3.97. The third kappa shape index (κ3) is 2.17. The summed E-state index contributed by atoms with van der Waals surface area (Å²) in [5.41, 5.74) is 4.82. The van der Waals surface area contributed by atoms with E-state index >= 15 is 0 Å². The first kappa shape index (κ1) is 12.8. The number of hydrogen-bond donors (Lipinski definition) is 1. The van der Waals surface area contributed by atoms with Gasteiger partial charge >= 0.3 is 6.18 Å². The van der Waals surface area contributed by atoms with Crippen LogP contribution in [0.3, 0.4) is 0 Å². The molecule has 0 radical (unpaired) electrons. The van der Waals surface area contributed by atoms with Crippen LogP contribution in [0.15, 0.2) is 24.5 Å². The standard InChI is InChI=1S/C12H12F3N5/c13-12(14,15)9-5-8(1-2-10(9)16)19-3-4-20-7-17-18-11(20)6-19/h1-2,5,7H,3-4,6,16H2. The summed E-state index contributed by atoms with van der Waals surface area (Å²) in [7, 11) is 0. The molecule has 0 amide bonds. The maximum Gasteiger partial charge on any atom is 0.418 e. The Kier molecular flexibility index (Phi) is 2.81. The Morgan fingerprint density at radius 1 is 1.20 bits per heavy atom. The second-order valence-corrected chi connectivity index (χ2v) is 4.63. The van der Waals surface area contributed by atoms with Crippen LogP contribution in [0.25, 0.3) is 0 Å². The lowest BCUT2D eigenvalue weighted by Gasteiger charge is -2.29. The van der Waals surface area contributed by atoms with Gasteiger partial charge in [0.1, 0.15) is 6.33 Å². The van der Waals surface area contributed by atoms with E-state index in [1.165, 1.54) is 6.07 Å². The van der Waals surface area contributed by atoms with E-state index in [1.807, 2.05) is 9.47 Å². The number of anilines is 2. The minimum absolute atomic E-state index is 0.263.